The summed E-state index contributed by atoms with van der Waals surface area (Å²) in [4.78, 5) is 0. The quantitative estimate of drug-likeness (QED) is 0.322. The molecule has 0 heterocycles. The number of aryl methyl sites for hydroxylation is 2. The Hall–Kier alpha value is -1.56. The van der Waals surface area contributed by atoms with Crippen LogP contribution in [-0.4, -0.2) is 0 Å². The second-order valence-corrected chi connectivity index (χ2v) is 10.4. The molecule has 2 aromatic carbocycles. The maximum Gasteiger partial charge on any atom is 0.0220 e. The van der Waals surface area contributed by atoms with Crippen LogP contribution < -0.4 is 0 Å². The molecular weight excluding hydrogens is 372 g/mol. The minimum absolute atomic E-state index is 0.186. The zero-order valence-corrected chi connectivity index (χ0v) is 21.2. The number of hydrogen-bond donors (Lipinski definition) is 0. The lowest BCUT2D eigenvalue weighted by Crippen LogP contribution is -2.31. The summed E-state index contributed by atoms with van der Waals surface area (Å²) in [5.74, 6) is 1.62. The lowest BCUT2D eigenvalue weighted by molar-refractivity contribution is 0.266. The molecule has 0 radical (unpaired) electrons. The molecule has 31 heavy (non-hydrogen) atoms. The van der Waals surface area contributed by atoms with Crippen LogP contribution in [0.1, 0.15) is 114 Å². The van der Waals surface area contributed by atoms with Crippen molar-refractivity contribution < 1.29 is 0 Å². The first-order valence-corrected chi connectivity index (χ1v) is 13.2. The van der Waals surface area contributed by atoms with Crippen LogP contribution in [0.3, 0.4) is 0 Å². The Balaban J connectivity index is 2.16. The van der Waals surface area contributed by atoms with Gasteiger partial charge >= 0.3 is 0 Å². The molecule has 1 aliphatic rings. The molecule has 0 aliphatic heterocycles. The van der Waals surface area contributed by atoms with E-state index in [0.717, 1.165) is 11.8 Å². The molecular formula is C31H46. The zero-order valence-electron chi connectivity index (χ0n) is 21.2. The van der Waals surface area contributed by atoms with Gasteiger partial charge in [-0.15, -0.1) is 0 Å². The average molecular weight is 419 g/mol. The van der Waals surface area contributed by atoms with E-state index < -0.39 is 0 Å². The smallest absolute Gasteiger partial charge is 0.0220 e. The van der Waals surface area contributed by atoms with E-state index >= 15 is 0 Å². The predicted molar refractivity (Wildman–Crippen MR) is 138 cm³/mol. The normalized spacial score (nSPS) is 16.1. The first-order valence-electron chi connectivity index (χ1n) is 13.2. The van der Waals surface area contributed by atoms with Crippen molar-refractivity contribution in [1.29, 1.82) is 0 Å². The van der Waals surface area contributed by atoms with Gasteiger partial charge in [-0.25, -0.2) is 0 Å². The van der Waals surface area contributed by atoms with Crippen LogP contribution in [0, 0.1) is 25.7 Å². The monoisotopic (exact) mass is 418 g/mol. The van der Waals surface area contributed by atoms with Crippen molar-refractivity contribution in [3.63, 3.8) is 0 Å². The van der Waals surface area contributed by atoms with Gasteiger partial charge in [0, 0.05) is 5.41 Å². The molecule has 0 heteroatoms. The van der Waals surface area contributed by atoms with Gasteiger partial charge in [0.2, 0.25) is 0 Å². The number of rotatable bonds is 12. The molecule has 2 unspecified atom stereocenters. The molecule has 0 spiro atoms. The van der Waals surface area contributed by atoms with Crippen LogP contribution in [0.2, 0.25) is 0 Å². The molecule has 0 saturated carbocycles. The minimum Gasteiger partial charge on any atom is -0.0654 e. The second kappa shape index (κ2) is 10.8. The molecule has 0 fully saturated rings. The van der Waals surface area contributed by atoms with Crippen LogP contribution in [0.4, 0.5) is 0 Å². The molecule has 0 aromatic heterocycles. The van der Waals surface area contributed by atoms with Gasteiger partial charge in [0.25, 0.3) is 0 Å². The van der Waals surface area contributed by atoms with Crippen molar-refractivity contribution in [2.24, 2.45) is 11.8 Å². The van der Waals surface area contributed by atoms with E-state index in [9.17, 15) is 0 Å². The van der Waals surface area contributed by atoms with Crippen molar-refractivity contribution in [1.82, 2.24) is 0 Å². The zero-order chi connectivity index (χ0) is 22.4. The Bertz CT molecular complexity index is 772. The lowest BCUT2D eigenvalue weighted by atomic mass is 9.65. The van der Waals surface area contributed by atoms with E-state index in [-0.39, 0.29) is 5.41 Å². The molecule has 2 aromatic rings. The molecule has 0 bridgehead atoms. The molecule has 0 saturated heterocycles. The Morgan fingerprint density at radius 3 is 1.42 bits per heavy atom. The van der Waals surface area contributed by atoms with Crippen LogP contribution in [0.25, 0.3) is 11.1 Å². The summed E-state index contributed by atoms with van der Waals surface area (Å²) in [6.45, 7) is 14.1. The molecule has 3 rings (SSSR count). The summed E-state index contributed by atoms with van der Waals surface area (Å²) in [6.07, 6.45) is 13.3. The fourth-order valence-corrected chi connectivity index (χ4v) is 6.12. The summed E-state index contributed by atoms with van der Waals surface area (Å²) in [5, 5.41) is 0. The van der Waals surface area contributed by atoms with Crippen LogP contribution in [0.5, 0.6) is 0 Å². The maximum absolute atomic E-state index is 2.55. The van der Waals surface area contributed by atoms with Crippen molar-refractivity contribution in [3.05, 3.63) is 58.7 Å². The van der Waals surface area contributed by atoms with E-state index in [2.05, 4.69) is 77.9 Å². The highest BCUT2D eigenvalue weighted by Gasteiger charge is 2.45. The van der Waals surface area contributed by atoms with Gasteiger partial charge in [0.15, 0.2) is 0 Å². The average Bonchev–Trinajstić information content (AvgIpc) is 3.02. The van der Waals surface area contributed by atoms with Crippen LogP contribution >= 0.6 is 0 Å². The van der Waals surface area contributed by atoms with E-state index in [1.165, 1.54) is 86.5 Å². The molecule has 0 amide bonds. The Labute approximate surface area is 192 Å². The van der Waals surface area contributed by atoms with Gasteiger partial charge in [-0.2, -0.15) is 0 Å². The van der Waals surface area contributed by atoms with Gasteiger partial charge in [-0.05, 0) is 60.8 Å². The van der Waals surface area contributed by atoms with Gasteiger partial charge in [0.05, 0.1) is 0 Å². The SMILES string of the molecule is CCCCC(CC)CC1(CC(CC)CCCC)c2cc(C)ccc2-c2ccc(C)cc21. The van der Waals surface area contributed by atoms with E-state index in [4.69, 9.17) is 0 Å². The van der Waals surface area contributed by atoms with Crippen LogP contribution in [0.15, 0.2) is 36.4 Å². The number of unbranched alkanes of at least 4 members (excludes halogenated alkanes) is 2. The topological polar surface area (TPSA) is 0 Å². The third-order valence-corrected chi connectivity index (χ3v) is 8.03. The fraction of sp³-hybridized carbons (Fsp3) is 0.613. The standard InChI is InChI=1S/C31H46/c1-7-11-13-25(9-3)21-31(22-26(10-4)14-12-8-2)29-19-23(5)15-17-27(29)28-18-16-24(6)20-30(28)31/h15-20,25-26H,7-14,21-22H2,1-6H3. The first-order chi connectivity index (χ1) is 15.0. The largest absolute Gasteiger partial charge is 0.0654 e. The molecule has 2 atom stereocenters. The summed E-state index contributed by atoms with van der Waals surface area (Å²) in [6, 6.07) is 14.6. The Morgan fingerprint density at radius 2 is 1.06 bits per heavy atom. The Kier molecular flexibility index (Phi) is 8.43. The van der Waals surface area contributed by atoms with Gasteiger partial charge < -0.3 is 0 Å². The molecule has 0 nitrogen and oxygen atoms in total. The van der Waals surface area contributed by atoms with Gasteiger partial charge in [-0.1, -0.05) is 127 Å². The third-order valence-electron chi connectivity index (χ3n) is 8.03. The molecule has 170 valence electrons. The Morgan fingerprint density at radius 1 is 0.645 bits per heavy atom. The highest BCUT2D eigenvalue weighted by molar-refractivity contribution is 5.81. The van der Waals surface area contributed by atoms with Crippen LogP contribution in [-0.2, 0) is 5.41 Å². The van der Waals surface area contributed by atoms with Crippen molar-refractivity contribution in [3.8, 4) is 11.1 Å². The summed E-state index contributed by atoms with van der Waals surface area (Å²) >= 11 is 0. The number of hydrogen-bond acceptors (Lipinski definition) is 0. The van der Waals surface area contributed by atoms with E-state index in [1.807, 2.05) is 0 Å². The predicted octanol–water partition coefficient (Wildman–Crippen LogP) is 9.78. The maximum atomic E-state index is 2.55. The van der Waals surface area contributed by atoms with Crippen molar-refractivity contribution in [2.75, 3.05) is 0 Å². The molecule has 1 aliphatic carbocycles. The minimum atomic E-state index is 0.186. The van der Waals surface area contributed by atoms with E-state index in [0.29, 0.717) is 0 Å². The number of fused-ring (bicyclic) bond motifs is 3. The first kappa shape index (κ1) is 24.1. The molecule has 0 N–H and O–H groups in total. The third kappa shape index (κ3) is 5.10. The summed E-state index contributed by atoms with van der Waals surface area (Å²) < 4.78 is 0. The summed E-state index contributed by atoms with van der Waals surface area (Å²) in [5.41, 5.74) is 9.31. The van der Waals surface area contributed by atoms with E-state index in [1.54, 1.807) is 11.1 Å². The second-order valence-electron chi connectivity index (χ2n) is 10.4. The lowest BCUT2D eigenvalue weighted by Gasteiger charge is -2.39. The fourth-order valence-electron chi connectivity index (χ4n) is 6.12. The summed E-state index contributed by atoms with van der Waals surface area (Å²) in [7, 11) is 0. The highest BCUT2D eigenvalue weighted by Crippen LogP contribution is 2.56. The van der Waals surface area contributed by atoms with Gasteiger partial charge in [-0.3, -0.25) is 0 Å². The van der Waals surface area contributed by atoms with Crippen molar-refractivity contribution >= 4 is 0 Å². The van der Waals surface area contributed by atoms with Crippen molar-refractivity contribution in [2.45, 2.75) is 111 Å². The van der Waals surface area contributed by atoms with Gasteiger partial charge in [0.1, 0.15) is 0 Å². The number of benzene rings is 2. The highest BCUT2D eigenvalue weighted by atomic mass is 14.5.